The van der Waals surface area contributed by atoms with Crippen molar-refractivity contribution in [1.29, 1.82) is 0 Å². The van der Waals surface area contributed by atoms with Crippen LogP contribution in [0.25, 0.3) is 0 Å². The molecule has 6 rings (SSSR count). The predicted octanol–water partition coefficient (Wildman–Crippen LogP) is 4.15. The molecule has 44 heavy (non-hydrogen) atoms. The number of esters is 1. The molecule has 3 amide bonds. The highest BCUT2D eigenvalue weighted by molar-refractivity contribution is 8.07. The van der Waals surface area contributed by atoms with E-state index in [1.807, 2.05) is 67.6 Å². The van der Waals surface area contributed by atoms with Gasteiger partial charge in [0.15, 0.2) is 15.6 Å². The van der Waals surface area contributed by atoms with E-state index in [4.69, 9.17) is 4.74 Å². The molecule has 0 radical (unpaired) electrons. The number of thioether (sulfide) groups is 2. The van der Waals surface area contributed by atoms with Crippen molar-refractivity contribution in [2.24, 2.45) is 0 Å². The third-order valence-electron chi connectivity index (χ3n) is 6.67. The number of amides is 3. The second kappa shape index (κ2) is 13.3. The minimum atomic E-state index is -0.823. The summed E-state index contributed by atoms with van der Waals surface area (Å²) >= 11 is 5.33. The van der Waals surface area contributed by atoms with Crippen LogP contribution in [-0.2, 0) is 30.3 Å². The molecular formula is C29H24N6O5S4. The van der Waals surface area contributed by atoms with Gasteiger partial charge in [0.25, 0.3) is 5.91 Å². The van der Waals surface area contributed by atoms with Gasteiger partial charge in [-0.15, -0.1) is 33.3 Å². The number of rotatable bonds is 11. The number of β-lactam (4-membered cyclic amide) rings is 1. The summed E-state index contributed by atoms with van der Waals surface area (Å²) < 4.78 is 6.83. The summed E-state index contributed by atoms with van der Waals surface area (Å²) in [6.07, 6.45) is -0.249. The summed E-state index contributed by atoms with van der Waals surface area (Å²) in [6, 6.07) is 18.0. The van der Waals surface area contributed by atoms with Crippen molar-refractivity contribution in [1.82, 2.24) is 25.4 Å². The highest BCUT2D eigenvalue weighted by atomic mass is 32.2. The van der Waals surface area contributed by atoms with Crippen LogP contribution >= 0.6 is 46.2 Å². The van der Waals surface area contributed by atoms with Crippen molar-refractivity contribution < 1.29 is 23.9 Å². The summed E-state index contributed by atoms with van der Waals surface area (Å²) in [7, 11) is 0. The number of anilines is 1. The number of nitrogens with zero attached hydrogens (tertiary/aromatic N) is 4. The van der Waals surface area contributed by atoms with Gasteiger partial charge in [0, 0.05) is 16.0 Å². The first kappa shape index (κ1) is 30.0. The number of aryl methyl sites for hydroxylation is 1. The van der Waals surface area contributed by atoms with Gasteiger partial charge < -0.3 is 15.4 Å². The van der Waals surface area contributed by atoms with Gasteiger partial charge in [-0.1, -0.05) is 83.8 Å². The van der Waals surface area contributed by atoms with Crippen LogP contribution in [0.3, 0.4) is 0 Å². The Hall–Kier alpha value is -4.05. The van der Waals surface area contributed by atoms with Gasteiger partial charge in [0.1, 0.15) is 22.1 Å². The van der Waals surface area contributed by atoms with Gasteiger partial charge in [0.2, 0.25) is 12.3 Å². The van der Waals surface area contributed by atoms with Gasteiger partial charge in [-0.25, -0.2) is 9.78 Å². The maximum Gasteiger partial charge on any atom is 0.356 e. The lowest BCUT2D eigenvalue weighted by Gasteiger charge is -2.49. The second-order valence-electron chi connectivity index (χ2n) is 9.61. The first-order valence-electron chi connectivity index (χ1n) is 13.3. The van der Waals surface area contributed by atoms with Gasteiger partial charge in [-0.05, 0) is 18.1 Å². The van der Waals surface area contributed by atoms with Crippen molar-refractivity contribution >= 4 is 75.5 Å². The summed E-state index contributed by atoms with van der Waals surface area (Å²) in [4.78, 5) is 57.4. The Morgan fingerprint density at radius 3 is 2.45 bits per heavy atom. The van der Waals surface area contributed by atoms with Crippen LogP contribution in [-0.4, -0.2) is 61.4 Å². The second-order valence-corrected chi connectivity index (χ2v) is 14.1. The smallest absolute Gasteiger partial charge is 0.356 e. The molecule has 0 bridgehead atoms. The molecule has 1 saturated heterocycles. The quantitative estimate of drug-likeness (QED) is 0.136. The lowest BCUT2D eigenvalue weighted by atomic mass is 10.0. The summed E-state index contributed by atoms with van der Waals surface area (Å²) in [6.45, 7) is 1.85. The van der Waals surface area contributed by atoms with Crippen LogP contribution in [0.4, 0.5) is 5.13 Å². The number of aromatic nitrogens is 3. The van der Waals surface area contributed by atoms with E-state index in [2.05, 4.69) is 25.8 Å². The molecule has 2 aromatic heterocycles. The molecule has 4 heterocycles. The Kier molecular flexibility index (Phi) is 9.07. The zero-order valence-electron chi connectivity index (χ0n) is 23.0. The molecule has 4 aromatic rings. The SMILES string of the molecule is Cc1nnc(SC2=C(C(=O)OC(c3ccccc3)c3ccccc3)N3C(=O)[C@@H](NC(=O)Cc4csc(NC=O)n4)[C@@H]3SC2)s1. The zero-order valence-corrected chi connectivity index (χ0v) is 26.3. The maximum atomic E-state index is 14.1. The standard InChI is InChI=1S/C29H24N6O5S4/c1-16-33-34-29(43-16)44-20-14-41-26-22(32-21(37)12-19-13-42-28(31-19)30-15-36)25(38)35(26)23(20)27(39)40-24(17-8-4-2-5-9-17)18-10-6-3-7-11-18/h2-11,13,15,22,24,26H,12,14H2,1H3,(H,32,37)(H,30,31,36)/t22-,26+/m1/s1. The van der Waals surface area contributed by atoms with E-state index in [-0.39, 0.29) is 12.1 Å². The number of benzene rings is 2. The number of thiazole rings is 1. The minimum absolute atomic E-state index is 0.0593. The highest BCUT2D eigenvalue weighted by Gasteiger charge is 2.55. The van der Waals surface area contributed by atoms with Crippen molar-refractivity contribution in [2.75, 3.05) is 11.1 Å². The monoisotopic (exact) mass is 664 g/mol. The summed E-state index contributed by atoms with van der Waals surface area (Å²) in [5, 5.41) is 15.9. The van der Waals surface area contributed by atoms with Crippen LogP contribution in [0.15, 0.2) is 81.0 Å². The van der Waals surface area contributed by atoms with Crippen LogP contribution < -0.4 is 10.6 Å². The Balaban J connectivity index is 1.25. The Morgan fingerprint density at radius 2 is 1.82 bits per heavy atom. The fourth-order valence-electron chi connectivity index (χ4n) is 4.73. The molecule has 2 aliphatic rings. The minimum Gasteiger partial charge on any atom is -0.448 e. The average molecular weight is 665 g/mol. The van der Waals surface area contributed by atoms with Crippen LogP contribution in [0.2, 0.25) is 0 Å². The molecule has 11 nitrogen and oxygen atoms in total. The molecule has 1 fully saturated rings. The maximum absolute atomic E-state index is 14.1. The van der Waals surface area contributed by atoms with E-state index in [9.17, 15) is 19.2 Å². The first-order chi connectivity index (χ1) is 21.4. The number of nitrogens with one attached hydrogen (secondary N) is 2. The number of carbonyl (C=O) groups is 4. The van der Waals surface area contributed by atoms with E-state index in [1.165, 1.54) is 51.1 Å². The number of carbonyl (C=O) groups excluding carboxylic acids is 4. The molecule has 2 aromatic carbocycles. The Bertz CT molecular complexity index is 1690. The predicted molar refractivity (Wildman–Crippen MR) is 169 cm³/mol. The van der Waals surface area contributed by atoms with Gasteiger partial charge >= 0.3 is 5.97 Å². The van der Waals surface area contributed by atoms with Gasteiger partial charge in [0.05, 0.1) is 12.1 Å². The van der Waals surface area contributed by atoms with E-state index in [1.54, 1.807) is 5.38 Å². The molecule has 2 atom stereocenters. The first-order valence-corrected chi connectivity index (χ1v) is 16.9. The molecule has 0 aliphatic carbocycles. The molecule has 0 unspecified atom stereocenters. The lowest BCUT2D eigenvalue weighted by Crippen LogP contribution is -2.70. The van der Waals surface area contributed by atoms with E-state index in [0.29, 0.717) is 32.2 Å². The fourth-order valence-corrected chi connectivity index (χ4v) is 8.85. The average Bonchev–Trinajstić information content (AvgIpc) is 3.67. The number of fused-ring (bicyclic) bond motifs is 1. The molecule has 15 heteroatoms. The Labute approximate surface area is 268 Å². The third kappa shape index (κ3) is 6.40. The highest BCUT2D eigenvalue weighted by Crippen LogP contribution is 2.46. The molecule has 0 spiro atoms. The number of ether oxygens (including phenoxy) is 1. The normalized spacial score (nSPS) is 17.6. The number of hydrogen-bond donors (Lipinski definition) is 2. The van der Waals surface area contributed by atoms with E-state index < -0.39 is 35.3 Å². The van der Waals surface area contributed by atoms with Crippen molar-refractivity contribution in [2.45, 2.75) is 35.2 Å². The van der Waals surface area contributed by atoms with Crippen molar-refractivity contribution in [3.05, 3.63) is 98.5 Å². The van der Waals surface area contributed by atoms with Crippen molar-refractivity contribution in [3.8, 4) is 0 Å². The topological polar surface area (TPSA) is 143 Å². The van der Waals surface area contributed by atoms with E-state index >= 15 is 0 Å². The third-order valence-corrected chi connectivity index (χ3v) is 10.9. The zero-order chi connectivity index (χ0) is 30.6. The molecular weight excluding hydrogens is 641 g/mol. The number of hydrogen-bond acceptors (Lipinski definition) is 12. The van der Waals surface area contributed by atoms with Gasteiger partial charge in [-0.3, -0.25) is 19.3 Å². The Morgan fingerprint density at radius 1 is 1.11 bits per heavy atom. The molecule has 2 aliphatic heterocycles. The lowest BCUT2D eigenvalue weighted by molar-refractivity contribution is -0.154. The van der Waals surface area contributed by atoms with Crippen molar-refractivity contribution in [3.63, 3.8) is 0 Å². The summed E-state index contributed by atoms with van der Waals surface area (Å²) in [5.41, 5.74) is 2.19. The van der Waals surface area contributed by atoms with Crippen LogP contribution in [0.5, 0.6) is 0 Å². The molecule has 2 N–H and O–H groups in total. The largest absolute Gasteiger partial charge is 0.448 e. The molecule has 224 valence electrons. The molecule has 0 saturated carbocycles. The van der Waals surface area contributed by atoms with Crippen LogP contribution in [0.1, 0.15) is 27.9 Å². The van der Waals surface area contributed by atoms with Crippen LogP contribution in [0, 0.1) is 6.92 Å². The van der Waals surface area contributed by atoms with E-state index in [0.717, 1.165) is 16.1 Å². The van der Waals surface area contributed by atoms with Gasteiger partial charge in [-0.2, -0.15) is 0 Å². The summed E-state index contributed by atoms with van der Waals surface area (Å²) in [5.74, 6) is -1.04. The fraction of sp³-hybridized carbons (Fsp3) is 0.207.